The zero-order chi connectivity index (χ0) is 33.8. The molecule has 0 saturated carbocycles. The lowest BCUT2D eigenvalue weighted by Crippen LogP contribution is -2.58. The molecule has 0 aromatic rings. The Kier molecular flexibility index (Phi) is 20.3. The highest BCUT2D eigenvalue weighted by molar-refractivity contribution is 7.92. The first-order valence-electron chi connectivity index (χ1n) is 16.0. The molecule has 0 spiro atoms. The maximum atomic E-state index is 13.5. The molecule has 2 aliphatic rings. The number of sulfone groups is 1. The van der Waals surface area contributed by atoms with E-state index in [4.69, 9.17) is 0 Å². The van der Waals surface area contributed by atoms with Crippen molar-refractivity contribution in [2.75, 3.05) is 37.7 Å². The maximum Gasteiger partial charge on any atom is 0.315 e. The van der Waals surface area contributed by atoms with E-state index < -0.39 is 33.0 Å². The molecular weight excluding hydrogens is 582 g/mol. The summed E-state index contributed by atoms with van der Waals surface area (Å²) < 4.78 is 20.2. The largest absolute Gasteiger partial charge is 0.379 e. The Bertz CT molecular complexity index is 1030. The van der Waals surface area contributed by atoms with Crippen LogP contribution in [0.3, 0.4) is 0 Å². The van der Waals surface area contributed by atoms with Crippen LogP contribution in [0, 0.1) is 5.41 Å². The number of nitrogens with one attached hydrogen (secondary N) is 4. The molecule has 4 N–H and O–H groups in total. The number of carbonyl (C=O) groups is 4. The highest BCUT2D eigenvalue weighted by atomic mass is 32.2. The summed E-state index contributed by atoms with van der Waals surface area (Å²) >= 11 is 0. The Morgan fingerprint density at radius 3 is 2.02 bits per heavy atom. The van der Waals surface area contributed by atoms with Gasteiger partial charge >= 0.3 is 6.03 Å². The second kappa shape index (κ2) is 21.8. The van der Waals surface area contributed by atoms with Crippen LogP contribution in [0.1, 0.15) is 99.3 Å². The van der Waals surface area contributed by atoms with E-state index in [9.17, 15) is 27.6 Å². The lowest BCUT2D eigenvalue weighted by atomic mass is 9.85. The van der Waals surface area contributed by atoms with Crippen LogP contribution in [0.2, 0.25) is 0 Å². The molecule has 2 fully saturated rings. The van der Waals surface area contributed by atoms with Crippen LogP contribution >= 0.6 is 0 Å². The summed E-state index contributed by atoms with van der Waals surface area (Å²) in [7, 11) is -2.48. The van der Waals surface area contributed by atoms with Crippen LogP contribution in [0.5, 0.6) is 0 Å². The molecule has 0 aromatic heterocycles. The molecule has 11 nitrogen and oxygen atoms in total. The van der Waals surface area contributed by atoms with Crippen molar-refractivity contribution in [2.24, 2.45) is 5.41 Å². The van der Waals surface area contributed by atoms with Crippen molar-refractivity contribution < 1.29 is 27.6 Å². The zero-order valence-electron chi connectivity index (χ0n) is 28.1. The quantitative estimate of drug-likeness (QED) is 0.120. The summed E-state index contributed by atoms with van der Waals surface area (Å²) in [5.41, 5.74) is 0.00124. The number of nitrogens with zero attached hydrogens (tertiary/aromatic N) is 1. The summed E-state index contributed by atoms with van der Waals surface area (Å²) in [6.45, 7) is 20.8. The smallest absolute Gasteiger partial charge is 0.315 e. The molecule has 0 radical (unpaired) electrons. The molecule has 44 heavy (non-hydrogen) atoms. The number of Topliss-reactive ketones (excluding diaryl/α,β-unsaturated/α-hetero) is 1. The van der Waals surface area contributed by atoms with Gasteiger partial charge in [0.15, 0.2) is 0 Å². The Hall–Kier alpha value is -2.89. The maximum absolute atomic E-state index is 13.5. The number of hydrogen-bond donors (Lipinski definition) is 4. The standard InChI is InChI=1S/C25H43N5O4.C4H10.C3H6O2S/c1-7-9-10-11-15-27-24(34)29-21(25(4,5)6)23(33)30-16-12-13-19(30)18(3)28-17-20(31)22(32)26-14-8-2;1-3-4-2;4-6(5)2-1-3-6/h8,19,21,28H,2-3,7,9-17H2,1,4-6H3,(H,26,32)(H2,27,29,34);3-4H2,1-2H3;1-3H2. The van der Waals surface area contributed by atoms with E-state index in [1.54, 1.807) is 4.90 Å². The second-order valence-corrected chi connectivity index (χ2v) is 14.6. The summed E-state index contributed by atoms with van der Waals surface area (Å²) in [4.78, 5) is 51.4. The predicted molar refractivity (Wildman–Crippen MR) is 178 cm³/mol. The molecule has 0 aromatic carbocycles. The normalized spacial score (nSPS) is 17.2. The van der Waals surface area contributed by atoms with Gasteiger partial charge < -0.3 is 26.2 Å². The molecule has 0 bridgehead atoms. The van der Waals surface area contributed by atoms with Gasteiger partial charge in [-0.25, -0.2) is 13.2 Å². The molecule has 12 heteroatoms. The Labute approximate surface area is 266 Å². The van der Waals surface area contributed by atoms with Gasteiger partial charge in [0, 0.05) is 25.3 Å². The van der Waals surface area contributed by atoms with Gasteiger partial charge in [-0.3, -0.25) is 14.4 Å². The molecule has 2 rings (SSSR count). The van der Waals surface area contributed by atoms with Gasteiger partial charge in [-0.2, -0.15) is 0 Å². The summed E-state index contributed by atoms with van der Waals surface area (Å²) in [5.74, 6) is -0.657. The first-order valence-corrected chi connectivity index (χ1v) is 17.9. The van der Waals surface area contributed by atoms with Gasteiger partial charge in [0.2, 0.25) is 11.7 Å². The van der Waals surface area contributed by atoms with Gasteiger partial charge in [-0.05, 0) is 31.1 Å². The predicted octanol–water partition coefficient (Wildman–Crippen LogP) is 3.86. The van der Waals surface area contributed by atoms with E-state index in [0.717, 1.165) is 38.5 Å². The first kappa shape index (κ1) is 41.1. The van der Waals surface area contributed by atoms with Crippen LogP contribution in [0.4, 0.5) is 4.79 Å². The minimum Gasteiger partial charge on any atom is -0.379 e. The first-order chi connectivity index (χ1) is 20.6. The third-order valence-electron chi connectivity index (χ3n) is 7.19. The van der Waals surface area contributed by atoms with Crippen molar-refractivity contribution in [1.29, 1.82) is 0 Å². The molecule has 2 saturated heterocycles. The fraction of sp³-hybridized carbons (Fsp3) is 0.750. The monoisotopic (exact) mass is 641 g/mol. The molecule has 2 atom stereocenters. The van der Waals surface area contributed by atoms with Gasteiger partial charge in [0.05, 0.1) is 24.1 Å². The third kappa shape index (κ3) is 16.8. The van der Waals surface area contributed by atoms with Crippen molar-refractivity contribution in [3.63, 3.8) is 0 Å². The lowest BCUT2D eigenvalue weighted by molar-refractivity contribution is -0.137. The Balaban J connectivity index is 0.00000156. The molecule has 254 valence electrons. The Morgan fingerprint density at radius 1 is 0.932 bits per heavy atom. The van der Waals surface area contributed by atoms with Crippen molar-refractivity contribution in [1.82, 2.24) is 26.2 Å². The number of urea groups is 1. The number of hydrogen-bond acceptors (Lipinski definition) is 7. The number of likely N-dealkylation sites (tertiary alicyclic amines) is 1. The zero-order valence-corrected chi connectivity index (χ0v) is 28.9. The molecule has 4 amide bonds. The highest BCUT2D eigenvalue weighted by Crippen LogP contribution is 2.27. The van der Waals surface area contributed by atoms with Crippen LogP contribution < -0.4 is 21.3 Å². The fourth-order valence-electron chi connectivity index (χ4n) is 4.18. The second-order valence-electron chi connectivity index (χ2n) is 12.3. The van der Waals surface area contributed by atoms with Gasteiger partial charge in [-0.1, -0.05) is 86.3 Å². The van der Waals surface area contributed by atoms with Crippen molar-refractivity contribution in [2.45, 2.75) is 111 Å². The SMILES string of the molecule is C=CCNC(=O)C(=O)CNC(=C)C1CCCN1C(=O)C(NC(=O)NCCCCCC)C(C)(C)C.CCCC.O=S1(=O)CCC1. The molecule has 2 heterocycles. The highest BCUT2D eigenvalue weighted by Gasteiger charge is 2.40. The lowest BCUT2D eigenvalue weighted by Gasteiger charge is -2.36. The van der Waals surface area contributed by atoms with Crippen molar-refractivity contribution in [3.05, 3.63) is 24.9 Å². The summed E-state index contributed by atoms with van der Waals surface area (Å²) in [6, 6.07) is -1.39. The summed E-state index contributed by atoms with van der Waals surface area (Å²) in [6.07, 6.45) is 10.7. The minimum atomic E-state index is -2.48. The molecule has 0 aliphatic carbocycles. The van der Waals surface area contributed by atoms with Gasteiger partial charge in [0.1, 0.15) is 15.9 Å². The summed E-state index contributed by atoms with van der Waals surface area (Å²) in [5, 5.41) is 11.1. The van der Waals surface area contributed by atoms with E-state index in [1.807, 2.05) is 20.8 Å². The van der Waals surface area contributed by atoms with Crippen LogP contribution in [-0.2, 0) is 24.2 Å². The number of ketones is 1. The van der Waals surface area contributed by atoms with E-state index >= 15 is 0 Å². The average Bonchev–Trinajstić information content (AvgIpc) is 3.46. The fourth-order valence-corrected chi connectivity index (χ4v) is 4.94. The average molecular weight is 642 g/mol. The topological polar surface area (TPSA) is 154 Å². The van der Waals surface area contributed by atoms with Crippen molar-refractivity contribution in [3.8, 4) is 0 Å². The number of rotatable bonds is 15. The van der Waals surface area contributed by atoms with E-state index in [2.05, 4.69) is 55.2 Å². The van der Waals surface area contributed by atoms with E-state index in [1.165, 1.54) is 18.9 Å². The van der Waals surface area contributed by atoms with Gasteiger partial charge in [0.25, 0.3) is 5.91 Å². The number of carbonyl (C=O) groups excluding carboxylic acids is 4. The van der Waals surface area contributed by atoms with Crippen molar-refractivity contribution >= 4 is 33.5 Å². The number of unbranched alkanes of at least 4 members (excludes halogenated alkanes) is 4. The van der Waals surface area contributed by atoms with E-state index in [0.29, 0.717) is 36.7 Å². The van der Waals surface area contributed by atoms with Gasteiger partial charge in [-0.15, -0.1) is 6.58 Å². The molecular formula is C32H59N5O6S. The van der Waals surface area contributed by atoms with Crippen LogP contribution in [0.25, 0.3) is 0 Å². The van der Waals surface area contributed by atoms with E-state index in [-0.39, 0.29) is 31.1 Å². The minimum absolute atomic E-state index is 0.186. The molecule has 2 aliphatic heterocycles. The van der Waals surface area contributed by atoms with Crippen LogP contribution in [0.15, 0.2) is 24.9 Å². The molecule has 2 unspecified atom stereocenters. The van der Waals surface area contributed by atoms with Crippen LogP contribution in [-0.4, -0.2) is 86.7 Å². The Morgan fingerprint density at radius 2 is 1.55 bits per heavy atom. The third-order valence-corrected chi connectivity index (χ3v) is 9.01. The number of amides is 4.